The maximum Gasteiger partial charge on any atom is 0.227 e. The summed E-state index contributed by atoms with van der Waals surface area (Å²) in [4.78, 5) is 28.8. The highest BCUT2D eigenvalue weighted by molar-refractivity contribution is 5.79. The molecule has 3 aliphatic rings. The second-order valence-electron chi connectivity index (χ2n) is 8.55. The molecule has 0 unspecified atom stereocenters. The minimum atomic E-state index is 0.0682. The molecule has 6 heteroatoms. The van der Waals surface area contributed by atoms with E-state index in [1.54, 1.807) is 12.4 Å². The Labute approximate surface area is 162 Å². The van der Waals surface area contributed by atoms with E-state index in [4.69, 9.17) is 0 Å². The summed E-state index contributed by atoms with van der Waals surface area (Å²) >= 11 is 0. The molecule has 3 fully saturated rings. The Balaban J connectivity index is 1.35. The van der Waals surface area contributed by atoms with Crippen molar-refractivity contribution in [1.82, 2.24) is 19.8 Å². The van der Waals surface area contributed by atoms with Crippen molar-refractivity contribution < 1.29 is 4.79 Å². The van der Waals surface area contributed by atoms with Crippen molar-refractivity contribution in [3.05, 3.63) is 18.5 Å². The van der Waals surface area contributed by atoms with E-state index in [1.807, 2.05) is 18.0 Å². The van der Waals surface area contributed by atoms with Crippen LogP contribution in [-0.2, 0) is 4.79 Å². The minimum Gasteiger partial charge on any atom is -0.345 e. The number of hydrogen-bond donors (Lipinski definition) is 0. The molecular weight excluding hydrogens is 338 g/mol. The van der Waals surface area contributed by atoms with Gasteiger partial charge in [-0.25, -0.2) is 9.97 Å². The van der Waals surface area contributed by atoms with E-state index in [1.165, 1.54) is 45.2 Å². The topological polar surface area (TPSA) is 52.6 Å². The fourth-order valence-corrected chi connectivity index (χ4v) is 5.36. The van der Waals surface area contributed by atoms with Gasteiger partial charge in [0.2, 0.25) is 11.9 Å². The Morgan fingerprint density at radius 2 is 1.85 bits per heavy atom. The molecule has 0 radical (unpaired) electrons. The molecule has 4 rings (SSSR count). The summed E-state index contributed by atoms with van der Waals surface area (Å²) in [6.07, 6.45) is 12.1. The molecule has 0 bridgehead atoms. The van der Waals surface area contributed by atoms with Gasteiger partial charge in [0.1, 0.15) is 0 Å². The largest absolute Gasteiger partial charge is 0.345 e. The molecule has 3 atom stereocenters. The van der Waals surface area contributed by atoms with Gasteiger partial charge in [0.05, 0.1) is 5.92 Å². The molecule has 0 aromatic carbocycles. The molecule has 148 valence electrons. The van der Waals surface area contributed by atoms with Gasteiger partial charge in [-0.1, -0.05) is 6.42 Å². The SMILES string of the molecule is CN(C[C@@H]1CCCN2CCCC[C@H]12)C(=O)[C@@H]1CCCN(c2ncccn2)C1. The van der Waals surface area contributed by atoms with Crippen molar-refractivity contribution >= 4 is 11.9 Å². The molecule has 3 saturated heterocycles. The summed E-state index contributed by atoms with van der Waals surface area (Å²) in [6, 6.07) is 2.53. The fourth-order valence-electron chi connectivity index (χ4n) is 5.36. The van der Waals surface area contributed by atoms with Crippen LogP contribution in [-0.4, -0.2) is 71.5 Å². The highest BCUT2D eigenvalue weighted by Gasteiger charge is 2.35. The van der Waals surface area contributed by atoms with Crippen LogP contribution in [0.3, 0.4) is 0 Å². The summed E-state index contributed by atoms with van der Waals surface area (Å²) in [5.74, 6) is 1.77. The zero-order valence-corrected chi connectivity index (χ0v) is 16.6. The predicted octanol–water partition coefficient (Wildman–Crippen LogP) is 2.42. The molecule has 1 aromatic rings. The molecule has 0 aliphatic carbocycles. The summed E-state index contributed by atoms with van der Waals surface area (Å²) in [6.45, 7) is 5.11. The third kappa shape index (κ3) is 4.26. The third-order valence-electron chi connectivity index (χ3n) is 6.72. The number of nitrogens with zero attached hydrogens (tertiary/aromatic N) is 5. The van der Waals surface area contributed by atoms with Crippen molar-refractivity contribution in [2.24, 2.45) is 11.8 Å². The first-order chi connectivity index (χ1) is 13.2. The standard InChI is InChI=1S/C21H33N5O/c1-24(15-17-7-4-13-25-12-3-2-9-19(17)25)20(27)18-8-5-14-26(16-18)21-22-10-6-11-23-21/h6,10-11,17-19H,2-5,7-9,12-16H2,1H3/t17-,18+,19+/m0/s1. The summed E-state index contributed by atoms with van der Waals surface area (Å²) < 4.78 is 0. The average Bonchev–Trinajstić information content (AvgIpc) is 2.74. The number of anilines is 1. The normalized spacial score (nSPS) is 29.2. The van der Waals surface area contributed by atoms with E-state index in [-0.39, 0.29) is 5.92 Å². The Bertz CT molecular complexity index is 622. The molecule has 27 heavy (non-hydrogen) atoms. The second kappa shape index (κ2) is 8.55. The van der Waals surface area contributed by atoms with E-state index in [0.717, 1.165) is 38.4 Å². The monoisotopic (exact) mass is 371 g/mol. The van der Waals surface area contributed by atoms with Gasteiger partial charge in [-0.15, -0.1) is 0 Å². The van der Waals surface area contributed by atoms with Crippen molar-refractivity contribution in [2.45, 2.75) is 51.0 Å². The van der Waals surface area contributed by atoms with Crippen LogP contribution >= 0.6 is 0 Å². The molecule has 0 spiro atoms. The molecule has 4 heterocycles. The van der Waals surface area contributed by atoms with Crippen LogP contribution in [0.2, 0.25) is 0 Å². The first-order valence-corrected chi connectivity index (χ1v) is 10.7. The number of carbonyl (C=O) groups excluding carboxylic acids is 1. The van der Waals surface area contributed by atoms with Crippen molar-refractivity contribution in [3.63, 3.8) is 0 Å². The average molecular weight is 372 g/mol. The third-order valence-corrected chi connectivity index (χ3v) is 6.72. The summed E-state index contributed by atoms with van der Waals surface area (Å²) in [7, 11) is 2.02. The van der Waals surface area contributed by atoms with Crippen LogP contribution in [0, 0.1) is 11.8 Å². The van der Waals surface area contributed by atoms with E-state index in [2.05, 4.69) is 19.8 Å². The van der Waals surface area contributed by atoms with Crippen molar-refractivity contribution in [1.29, 1.82) is 0 Å². The van der Waals surface area contributed by atoms with Gasteiger partial charge >= 0.3 is 0 Å². The zero-order valence-electron chi connectivity index (χ0n) is 16.6. The van der Waals surface area contributed by atoms with E-state index < -0.39 is 0 Å². The Hall–Kier alpha value is -1.69. The van der Waals surface area contributed by atoms with Gasteiger partial charge in [0.15, 0.2) is 0 Å². The molecule has 1 amide bonds. The predicted molar refractivity (Wildman–Crippen MR) is 107 cm³/mol. The zero-order chi connectivity index (χ0) is 18.6. The fraction of sp³-hybridized carbons (Fsp3) is 0.762. The molecule has 0 saturated carbocycles. The van der Waals surface area contributed by atoms with Crippen LogP contribution < -0.4 is 4.90 Å². The Morgan fingerprint density at radius 3 is 2.70 bits per heavy atom. The second-order valence-corrected chi connectivity index (χ2v) is 8.55. The van der Waals surface area contributed by atoms with Crippen LogP contribution in [0.1, 0.15) is 44.9 Å². The maximum absolute atomic E-state index is 13.2. The summed E-state index contributed by atoms with van der Waals surface area (Å²) in [5.41, 5.74) is 0. The number of piperidine rings is 3. The van der Waals surface area contributed by atoms with Crippen LogP contribution in [0.15, 0.2) is 18.5 Å². The lowest BCUT2D eigenvalue weighted by Gasteiger charge is -2.45. The number of carbonyl (C=O) groups is 1. The number of amides is 1. The quantitative estimate of drug-likeness (QED) is 0.814. The van der Waals surface area contributed by atoms with Gasteiger partial charge in [-0.05, 0) is 63.6 Å². The molecule has 1 aromatic heterocycles. The van der Waals surface area contributed by atoms with E-state index >= 15 is 0 Å². The first kappa shape index (κ1) is 18.7. The Kier molecular flexibility index (Phi) is 5.91. The Morgan fingerprint density at radius 1 is 1.07 bits per heavy atom. The van der Waals surface area contributed by atoms with Gasteiger partial charge in [-0.3, -0.25) is 4.79 Å². The first-order valence-electron chi connectivity index (χ1n) is 10.7. The lowest BCUT2D eigenvalue weighted by molar-refractivity contribution is -0.135. The van der Waals surface area contributed by atoms with Crippen molar-refractivity contribution in [3.8, 4) is 0 Å². The minimum absolute atomic E-state index is 0.0682. The number of aromatic nitrogens is 2. The maximum atomic E-state index is 13.2. The highest BCUT2D eigenvalue weighted by Crippen LogP contribution is 2.32. The lowest BCUT2D eigenvalue weighted by Crippen LogP contribution is -2.52. The molecule has 3 aliphatic heterocycles. The summed E-state index contributed by atoms with van der Waals surface area (Å²) in [5, 5.41) is 0. The van der Waals surface area contributed by atoms with Gasteiger partial charge in [-0.2, -0.15) is 0 Å². The number of hydrogen-bond acceptors (Lipinski definition) is 5. The molecule has 6 nitrogen and oxygen atoms in total. The number of fused-ring (bicyclic) bond motifs is 1. The van der Waals surface area contributed by atoms with Crippen LogP contribution in [0.25, 0.3) is 0 Å². The smallest absolute Gasteiger partial charge is 0.227 e. The van der Waals surface area contributed by atoms with E-state index in [0.29, 0.717) is 17.9 Å². The van der Waals surface area contributed by atoms with Crippen LogP contribution in [0.5, 0.6) is 0 Å². The highest BCUT2D eigenvalue weighted by atomic mass is 16.2. The number of rotatable bonds is 4. The molecular formula is C21H33N5O. The van der Waals surface area contributed by atoms with Gasteiger partial charge in [0, 0.05) is 45.1 Å². The van der Waals surface area contributed by atoms with Crippen LogP contribution in [0.4, 0.5) is 5.95 Å². The lowest BCUT2D eigenvalue weighted by atomic mass is 9.83. The molecule has 0 N–H and O–H groups in total. The van der Waals surface area contributed by atoms with Gasteiger partial charge in [0.25, 0.3) is 0 Å². The van der Waals surface area contributed by atoms with Crippen molar-refractivity contribution in [2.75, 3.05) is 44.7 Å². The van der Waals surface area contributed by atoms with Gasteiger partial charge < -0.3 is 14.7 Å². The van der Waals surface area contributed by atoms with E-state index in [9.17, 15) is 4.79 Å².